The molecular weight excluding hydrogens is 665 g/mol. The molecule has 1 aromatic heterocycles. The summed E-state index contributed by atoms with van der Waals surface area (Å²) < 4.78 is 71.0. The lowest BCUT2D eigenvalue weighted by atomic mass is 9.88. The smallest absolute Gasteiger partial charge is 0.433 e. The van der Waals surface area contributed by atoms with E-state index >= 15 is 8.78 Å². The number of carbonyl (C=O) groups is 2. The molecule has 2 amide bonds. The molecule has 1 aliphatic heterocycles. The van der Waals surface area contributed by atoms with Crippen LogP contribution >= 0.6 is 0 Å². The van der Waals surface area contributed by atoms with Gasteiger partial charge in [0.05, 0.1) is 35.8 Å². The van der Waals surface area contributed by atoms with Gasteiger partial charge in [-0.1, -0.05) is 30.5 Å². The maximum Gasteiger partial charge on any atom is 0.433 e. The minimum absolute atomic E-state index is 0.0187. The standard InChI is InChI=1S/C34H38F5N7O4/c1-20-6-8-23(22(16-20)25-17-26(34(37,38)39)42-19-41-25)43-31(49)27-30(48)33(10-4-5-11-33)45(3)46(32(27)50)18-21-7-9-24(29(36)28(21)35)40-12-13-44(2)14-15-47/h6-9,16-17,19,40,47-48H,4-5,10-15,18H2,1-3H3,(H,43,49). The number of anilines is 2. The van der Waals surface area contributed by atoms with Crippen molar-refractivity contribution in [3.63, 3.8) is 0 Å². The summed E-state index contributed by atoms with van der Waals surface area (Å²) in [4.78, 5) is 37.0. The number of hydrazine groups is 1. The van der Waals surface area contributed by atoms with Crippen molar-refractivity contribution in [3.8, 4) is 11.3 Å². The summed E-state index contributed by atoms with van der Waals surface area (Å²) in [6, 6.07) is 7.96. The van der Waals surface area contributed by atoms with Crippen LogP contribution in [0.4, 0.5) is 33.3 Å². The first kappa shape index (κ1) is 36.6. The Morgan fingerprint density at radius 3 is 2.42 bits per heavy atom. The summed E-state index contributed by atoms with van der Waals surface area (Å²) in [5.74, 6) is -4.86. The summed E-state index contributed by atoms with van der Waals surface area (Å²) in [7, 11) is 3.31. The molecule has 1 saturated carbocycles. The van der Waals surface area contributed by atoms with Crippen LogP contribution in [0.15, 0.2) is 54.1 Å². The lowest BCUT2D eigenvalue weighted by Crippen LogP contribution is -2.62. The predicted molar refractivity (Wildman–Crippen MR) is 174 cm³/mol. The number of benzene rings is 2. The molecule has 1 spiro atoms. The topological polar surface area (TPSA) is 134 Å². The fraction of sp³-hybridized carbons (Fsp3) is 0.412. The molecule has 11 nitrogen and oxygen atoms in total. The number of hydrogen-bond acceptors (Lipinski definition) is 9. The summed E-state index contributed by atoms with van der Waals surface area (Å²) >= 11 is 0. The fourth-order valence-electron chi connectivity index (χ4n) is 6.38. The van der Waals surface area contributed by atoms with Gasteiger partial charge in [-0.2, -0.15) is 13.2 Å². The Balaban J connectivity index is 1.45. The van der Waals surface area contributed by atoms with Gasteiger partial charge in [-0.3, -0.25) is 14.6 Å². The van der Waals surface area contributed by atoms with Crippen molar-refractivity contribution in [3.05, 3.63) is 82.5 Å². The molecule has 2 aromatic carbocycles. The molecule has 2 aliphatic rings. The van der Waals surface area contributed by atoms with Gasteiger partial charge < -0.3 is 25.7 Å². The molecule has 2 heterocycles. The summed E-state index contributed by atoms with van der Waals surface area (Å²) in [5, 5.41) is 28.6. The van der Waals surface area contributed by atoms with Gasteiger partial charge in [-0.25, -0.2) is 23.8 Å². The number of aromatic nitrogens is 2. The summed E-state index contributed by atoms with van der Waals surface area (Å²) in [6.07, 6.45) is -1.98. The number of aryl methyl sites for hydroxylation is 1. The van der Waals surface area contributed by atoms with Crippen LogP contribution in [0.25, 0.3) is 11.3 Å². The second-order valence-corrected chi connectivity index (χ2v) is 12.5. The van der Waals surface area contributed by atoms with Crippen molar-refractivity contribution in [2.75, 3.05) is 51.0 Å². The van der Waals surface area contributed by atoms with E-state index < -0.39 is 58.7 Å². The number of hydrogen-bond donors (Lipinski definition) is 4. The second kappa shape index (κ2) is 14.7. The minimum atomic E-state index is -4.75. The van der Waals surface area contributed by atoms with Crippen LogP contribution in [0.1, 0.15) is 42.5 Å². The van der Waals surface area contributed by atoms with Crippen LogP contribution < -0.4 is 10.6 Å². The van der Waals surface area contributed by atoms with Crippen LogP contribution in [0.2, 0.25) is 0 Å². The van der Waals surface area contributed by atoms with Crippen LogP contribution in [-0.4, -0.2) is 92.8 Å². The van der Waals surface area contributed by atoms with Gasteiger partial charge >= 0.3 is 6.18 Å². The number of amides is 2. The monoisotopic (exact) mass is 703 g/mol. The average Bonchev–Trinajstić information content (AvgIpc) is 3.57. The Morgan fingerprint density at radius 1 is 1.04 bits per heavy atom. The number of likely N-dealkylation sites (N-methyl/N-ethyl adjacent to an activating group) is 2. The number of nitrogens with one attached hydrogen (secondary N) is 2. The Kier molecular flexibility index (Phi) is 10.7. The van der Waals surface area contributed by atoms with Crippen molar-refractivity contribution < 1.29 is 41.8 Å². The van der Waals surface area contributed by atoms with Crippen LogP contribution in [-0.2, 0) is 22.3 Å². The van der Waals surface area contributed by atoms with Crippen molar-refractivity contribution in [1.29, 1.82) is 0 Å². The molecule has 3 aromatic rings. The molecule has 268 valence electrons. The molecule has 0 bridgehead atoms. The Morgan fingerprint density at radius 2 is 1.74 bits per heavy atom. The van der Waals surface area contributed by atoms with E-state index in [4.69, 9.17) is 5.11 Å². The fourth-order valence-corrected chi connectivity index (χ4v) is 6.38. The van der Waals surface area contributed by atoms with E-state index in [2.05, 4.69) is 20.6 Å². The predicted octanol–water partition coefficient (Wildman–Crippen LogP) is 5.04. The molecule has 50 heavy (non-hydrogen) atoms. The highest BCUT2D eigenvalue weighted by atomic mass is 19.4. The van der Waals surface area contributed by atoms with E-state index in [-0.39, 0.29) is 41.3 Å². The number of rotatable bonds is 11. The first-order valence-corrected chi connectivity index (χ1v) is 16.0. The molecule has 4 N–H and O–H groups in total. The molecule has 0 atom stereocenters. The highest BCUT2D eigenvalue weighted by molar-refractivity contribution is 6.24. The van der Waals surface area contributed by atoms with Gasteiger partial charge in [0.25, 0.3) is 11.8 Å². The van der Waals surface area contributed by atoms with E-state index in [1.54, 1.807) is 20.0 Å². The van der Waals surface area contributed by atoms with Crippen molar-refractivity contribution in [1.82, 2.24) is 24.9 Å². The van der Waals surface area contributed by atoms with Gasteiger partial charge in [0.1, 0.15) is 23.4 Å². The maximum absolute atomic E-state index is 15.5. The normalized spacial score (nSPS) is 16.5. The first-order valence-electron chi connectivity index (χ1n) is 16.0. The highest BCUT2D eigenvalue weighted by Gasteiger charge is 2.53. The SMILES string of the molecule is Cc1ccc(NC(=O)C2=C(O)C3(CCCC3)N(C)N(Cc3ccc(NCCN(C)CCO)c(F)c3F)C2=O)c(-c2cc(C(F)(F)F)ncn2)c1. The Bertz CT molecular complexity index is 1800. The Hall–Kier alpha value is -4.67. The molecule has 0 saturated heterocycles. The van der Waals surface area contributed by atoms with Crippen LogP contribution in [0.5, 0.6) is 0 Å². The summed E-state index contributed by atoms with van der Waals surface area (Å²) in [6.45, 7) is 2.32. The van der Waals surface area contributed by atoms with E-state index in [0.29, 0.717) is 44.3 Å². The van der Waals surface area contributed by atoms with Crippen molar-refractivity contribution in [2.45, 2.75) is 50.9 Å². The van der Waals surface area contributed by atoms with E-state index in [0.717, 1.165) is 17.4 Å². The Labute approximate surface area is 285 Å². The molecule has 1 aliphatic carbocycles. The average molecular weight is 704 g/mol. The maximum atomic E-state index is 15.5. The zero-order valence-corrected chi connectivity index (χ0v) is 27.7. The van der Waals surface area contributed by atoms with Gasteiger partial charge in [0.15, 0.2) is 11.6 Å². The molecule has 0 unspecified atom stereocenters. The largest absolute Gasteiger partial charge is 0.509 e. The zero-order chi connectivity index (χ0) is 36.4. The molecule has 5 rings (SSSR count). The quantitative estimate of drug-likeness (QED) is 0.160. The van der Waals surface area contributed by atoms with Crippen LogP contribution in [0.3, 0.4) is 0 Å². The molecule has 16 heteroatoms. The van der Waals surface area contributed by atoms with E-state index in [9.17, 15) is 27.9 Å². The van der Waals surface area contributed by atoms with Crippen molar-refractivity contribution in [2.24, 2.45) is 0 Å². The van der Waals surface area contributed by atoms with Gasteiger partial charge in [-0.05, 0) is 51.1 Å². The number of halogens is 5. The molecular formula is C34H38F5N7O4. The van der Waals surface area contributed by atoms with E-state index in [1.165, 1.54) is 36.3 Å². The van der Waals surface area contributed by atoms with E-state index in [1.807, 2.05) is 4.90 Å². The van der Waals surface area contributed by atoms with Crippen molar-refractivity contribution >= 4 is 23.2 Å². The lowest BCUT2D eigenvalue weighted by molar-refractivity contribution is -0.163. The number of carbonyl (C=O) groups excluding carboxylic acids is 2. The van der Waals surface area contributed by atoms with Gasteiger partial charge in [0.2, 0.25) is 0 Å². The number of aliphatic hydroxyl groups excluding tert-OH is 2. The zero-order valence-electron chi connectivity index (χ0n) is 27.7. The molecule has 0 radical (unpaired) electrons. The third-order valence-electron chi connectivity index (χ3n) is 9.20. The number of aliphatic hydroxyl groups is 2. The number of nitrogens with zero attached hydrogens (tertiary/aromatic N) is 5. The first-order chi connectivity index (χ1) is 23.7. The lowest BCUT2D eigenvalue weighted by Gasteiger charge is -2.48. The van der Waals surface area contributed by atoms with Crippen LogP contribution in [0, 0.1) is 18.6 Å². The second-order valence-electron chi connectivity index (χ2n) is 12.5. The highest BCUT2D eigenvalue weighted by Crippen LogP contribution is 2.45. The minimum Gasteiger partial charge on any atom is -0.509 e. The summed E-state index contributed by atoms with van der Waals surface area (Å²) in [5.41, 5.74) is -2.64. The third-order valence-corrected chi connectivity index (χ3v) is 9.20. The number of alkyl halides is 3. The third kappa shape index (κ3) is 7.27. The van der Waals surface area contributed by atoms with Gasteiger partial charge in [-0.15, -0.1) is 0 Å². The van der Waals surface area contributed by atoms with Gasteiger partial charge in [0, 0.05) is 37.8 Å². The molecule has 1 fully saturated rings.